The highest BCUT2D eigenvalue weighted by Gasteiger charge is 2.28. The Balaban J connectivity index is 1.94. The van der Waals surface area contributed by atoms with E-state index in [1.807, 2.05) is 6.92 Å². The van der Waals surface area contributed by atoms with E-state index in [1.165, 1.54) is 12.1 Å². The molecule has 2 amide bonds. The second-order valence-corrected chi connectivity index (χ2v) is 10.3. The number of cyclic esters (lactones) is 1. The maximum Gasteiger partial charge on any atom is 0.407 e. The summed E-state index contributed by atoms with van der Waals surface area (Å²) in [6.07, 6.45) is -1.62. The number of amides is 2. The number of hydrogen-bond acceptors (Lipinski definition) is 8. The highest BCUT2D eigenvalue weighted by molar-refractivity contribution is 7.86. The lowest BCUT2D eigenvalue weighted by atomic mass is 10.0. The molecule has 0 unspecified atom stereocenters. The number of carbonyl (C=O) groups is 2. The summed E-state index contributed by atoms with van der Waals surface area (Å²) >= 11 is 0. The predicted octanol–water partition coefficient (Wildman–Crippen LogP) is 2.23. The second-order valence-electron chi connectivity index (χ2n) is 8.71. The molecule has 2 rings (SSSR count). The lowest BCUT2D eigenvalue weighted by molar-refractivity contribution is 0.0382. The SMILES string of the molecule is Cc1ccc(S(=O)(=O)OCC[C@H](O)[C@H](CC[C@H]2COC(=O)N2)NC(=O)OC(C)(C)C)cc1. The topological polar surface area (TPSA) is 140 Å². The van der Waals surface area contributed by atoms with Crippen LogP contribution in [0, 0.1) is 6.92 Å². The molecule has 1 aromatic rings. The first kappa shape index (κ1) is 25.9. The van der Waals surface area contributed by atoms with Gasteiger partial charge in [0.25, 0.3) is 10.1 Å². The van der Waals surface area contributed by atoms with Crippen LogP contribution in [0.1, 0.15) is 45.6 Å². The minimum absolute atomic E-state index is 0.0259. The standard InChI is InChI=1S/C21H32N2O8S/c1-14-5-8-16(9-6-14)32(27,28)30-12-11-18(24)17(23-20(26)31-21(2,3)4)10-7-15-13-29-19(25)22-15/h5-6,8-9,15,17-18,24H,7,10-13H2,1-4H3,(H,22,25)(H,23,26)/t15-,17-,18-/m0/s1. The van der Waals surface area contributed by atoms with Gasteiger partial charge in [-0.1, -0.05) is 17.7 Å². The van der Waals surface area contributed by atoms with Gasteiger partial charge in [-0.05, 0) is 52.7 Å². The van der Waals surface area contributed by atoms with E-state index in [-0.39, 0.29) is 30.6 Å². The van der Waals surface area contributed by atoms with Crippen molar-refractivity contribution in [2.24, 2.45) is 0 Å². The smallest absolute Gasteiger partial charge is 0.407 e. The first-order valence-electron chi connectivity index (χ1n) is 10.4. The molecule has 0 aromatic heterocycles. The van der Waals surface area contributed by atoms with Gasteiger partial charge in [0.2, 0.25) is 0 Å². The van der Waals surface area contributed by atoms with Crippen molar-refractivity contribution in [1.29, 1.82) is 0 Å². The van der Waals surface area contributed by atoms with E-state index in [9.17, 15) is 23.1 Å². The van der Waals surface area contributed by atoms with E-state index in [0.717, 1.165) is 5.56 Å². The largest absolute Gasteiger partial charge is 0.447 e. The summed E-state index contributed by atoms with van der Waals surface area (Å²) in [6, 6.07) is 5.25. The van der Waals surface area contributed by atoms with Crippen LogP contribution in [-0.4, -0.2) is 62.7 Å². The molecule has 1 heterocycles. The van der Waals surface area contributed by atoms with Crippen molar-refractivity contribution >= 4 is 22.3 Å². The Hall–Kier alpha value is -2.37. The maximum atomic E-state index is 12.3. The van der Waals surface area contributed by atoms with Crippen molar-refractivity contribution in [1.82, 2.24) is 10.6 Å². The maximum absolute atomic E-state index is 12.3. The number of ether oxygens (including phenoxy) is 2. The quantitative estimate of drug-likeness (QED) is 0.441. The highest BCUT2D eigenvalue weighted by Crippen LogP contribution is 2.16. The molecule has 1 saturated heterocycles. The number of carbonyl (C=O) groups excluding carboxylic acids is 2. The van der Waals surface area contributed by atoms with Crippen LogP contribution >= 0.6 is 0 Å². The molecule has 1 aliphatic heterocycles. The molecule has 10 nitrogen and oxygen atoms in total. The molecule has 1 aromatic carbocycles. The van der Waals surface area contributed by atoms with E-state index in [1.54, 1.807) is 32.9 Å². The summed E-state index contributed by atoms with van der Waals surface area (Å²) in [7, 11) is -3.96. The van der Waals surface area contributed by atoms with Gasteiger partial charge in [-0.25, -0.2) is 9.59 Å². The number of hydrogen-bond donors (Lipinski definition) is 3. The lowest BCUT2D eigenvalue weighted by Gasteiger charge is -2.27. The molecule has 11 heteroatoms. The summed E-state index contributed by atoms with van der Waals surface area (Å²) in [5.74, 6) is 0. The molecule has 0 aliphatic carbocycles. The number of benzene rings is 1. The third-order valence-electron chi connectivity index (χ3n) is 4.69. The average molecular weight is 473 g/mol. The summed E-state index contributed by atoms with van der Waals surface area (Å²) in [6.45, 7) is 6.92. The van der Waals surface area contributed by atoms with Gasteiger partial charge in [0.1, 0.15) is 12.2 Å². The first-order chi connectivity index (χ1) is 14.9. The van der Waals surface area contributed by atoms with Crippen LogP contribution in [0.15, 0.2) is 29.2 Å². The molecule has 0 bridgehead atoms. The fourth-order valence-electron chi connectivity index (χ4n) is 3.03. The van der Waals surface area contributed by atoms with Crippen molar-refractivity contribution < 1.29 is 36.8 Å². The third kappa shape index (κ3) is 8.64. The summed E-state index contributed by atoms with van der Waals surface area (Å²) in [4.78, 5) is 23.4. The summed E-state index contributed by atoms with van der Waals surface area (Å²) in [5.41, 5.74) is 0.192. The highest BCUT2D eigenvalue weighted by atomic mass is 32.2. The molecular weight excluding hydrogens is 440 g/mol. The average Bonchev–Trinajstić information content (AvgIpc) is 3.09. The van der Waals surface area contributed by atoms with Crippen molar-refractivity contribution in [3.8, 4) is 0 Å². The fraction of sp³-hybridized carbons (Fsp3) is 0.619. The number of aliphatic hydroxyl groups excluding tert-OH is 1. The lowest BCUT2D eigenvalue weighted by Crippen LogP contribution is -2.46. The third-order valence-corrected chi connectivity index (χ3v) is 6.02. The predicted molar refractivity (Wildman–Crippen MR) is 116 cm³/mol. The van der Waals surface area contributed by atoms with Crippen molar-refractivity contribution in [3.63, 3.8) is 0 Å². The van der Waals surface area contributed by atoms with Crippen LogP contribution in [0.3, 0.4) is 0 Å². The van der Waals surface area contributed by atoms with Crippen LogP contribution in [-0.2, 0) is 23.8 Å². The van der Waals surface area contributed by atoms with Gasteiger partial charge in [0.05, 0.1) is 29.7 Å². The Kier molecular flexibility index (Phi) is 8.88. The molecular formula is C21H32N2O8S. The van der Waals surface area contributed by atoms with Crippen molar-refractivity contribution in [2.75, 3.05) is 13.2 Å². The molecule has 180 valence electrons. The molecule has 32 heavy (non-hydrogen) atoms. The first-order valence-corrected chi connectivity index (χ1v) is 11.8. The Morgan fingerprint density at radius 3 is 2.50 bits per heavy atom. The zero-order chi connectivity index (χ0) is 23.9. The van der Waals surface area contributed by atoms with Gasteiger partial charge in [0.15, 0.2) is 0 Å². The minimum Gasteiger partial charge on any atom is -0.447 e. The van der Waals surface area contributed by atoms with Crippen LogP contribution in [0.5, 0.6) is 0 Å². The zero-order valence-electron chi connectivity index (χ0n) is 18.8. The Morgan fingerprint density at radius 1 is 1.28 bits per heavy atom. The number of rotatable bonds is 10. The molecule has 0 saturated carbocycles. The molecule has 0 spiro atoms. The van der Waals surface area contributed by atoms with E-state index < -0.39 is 40.1 Å². The number of alkyl carbamates (subject to hydrolysis) is 2. The van der Waals surface area contributed by atoms with Gasteiger partial charge >= 0.3 is 12.2 Å². The van der Waals surface area contributed by atoms with Crippen molar-refractivity contribution in [3.05, 3.63) is 29.8 Å². The van der Waals surface area contributed by atoms with E-state index in [4.69, 9.17) is 13.7 Å². The van der Waals surface area contributed by atoms with Gasteiger partial charge in [-0.2, -0.15) is 8.42 Å². The zero-order valence-corrected chi connectivity index (χ0v) is 19.6. The Labute approximate surface area is 188 Å². The molecule has 0 radical (unpaired) electrons. The van der Waals surface area contributed by atoms with Crippen LogP contribution in [0.2, 0.25) is 0 Å². The number of aliphatic hydroxyl groups is 1. The summed E-state index contributed by atoms with van der Waals surface area (Å²) in [5, 5.41) is 15.9. The Morgan fingerprint density at radius 2 is 1.94 bits per heavy atom. The fourth-order valence-corrected chi connectivity index (χ4v) is 3.96. The molecule has 1 fully saturated rings. The number of aryl methyl sites for hydroxylation is 1. The van der Waals surface area contributed by atoms with Crippen LogP contribution in [0.4, 0.5) is 9.59 Å². The van der Waals surface area contributed by atoms with Gasteiger partial charge in [-0.3, -0.25) is 4.18 Å². The van der Waals surface area contributed by atoms with Crippen LogP contribution in [0.25, 0.3) is 0 Å². The minimum atomic E-state index is -3.96. The van der Waals surface area contributed by atoms with E-state index in [0.29, 0.717) is 12.8 Å². The Bertz CT molecular complexity index is 880. The molecule has 3 atom stereocenters. The van der Waals surface area contributed by atoms with E-state index in [2.05, 4.69) is 10.6 Å². The molecule has 1 aliphatic rings. The van der Waals surface area contributed by atoms with Gasteiger partial charge < -0.3 is 25.2 Å². The molecule has 3 N–H and O–H groups in total. The number of nitrogens with one attached hydrogen (secondary N) is 2. The van der Waals surface area contributed by atoms with Crippen LogP contribution < -0.4 is 10.6 Å². The normalized spacial score (nSPS) is 18.4. The summed E-state index contributed by atoms with van der Waals surface area (Å²) < 4.78 is 39.8. The van der Waals surface area contributed by atoms with Gasteiger partial charge in [-0.15, -0.1) is 0 Å². The second kappa shape index (κ2) is 11.0. The monoisotopic (exact) mass is 472 g/mol. The van der Waals surface area contributed by atoms with Crippen molar-refractivity contribution in [2.45, 2.75) is 75.6 Å². The van der Waals surface area contributed by atoms with Gasteiger partial charge in [0, 0.05) is 6.42 Å². The van der Waals surface area contributed by atoms with E-state index >= 15 is 0 Å².